The monoisotopic (exact) mass is 427 g/mol. The standard InChI is InChI=1S/C21H37N3O6/c1-12(2)16(19(27)28)24-18(26)15-9-7-14(8-10-15)11-22-17(25)13(3)23-20(29)30-21(4,5)6/h12-16H,7-11H2,1-6H3,(H,22,25)(H,23,29)(H,24,26)(H,27,28)/t13-,14?,15?,16-/m0/s1. The fraction of sp³-hybridized carbons (Fsp3) is 0.810. The first-order chi connectivity index (χ1) is 13.8. The van der Waals surface area contributed by atoms with Crippen LogP contribution in [0.5, 0.6) is 0 Å². The Kier molecular flexibility index (Phi) is 9.58. The number of carbonyl (C=O) groups is 4. The minimum absolute atomic E-state index is 0.186. The molecule has 1 fully saturated rings. The Morgan fingerprint density at radius 1 is 1.00 bits per heavy atom. The Balaban J connectivity index is 2.37. The first-order valence-electron chi connectivity index (χ1n) is 10.6. The van der Waals surface area contributed by atoms with Gasteiger partial charge in [-0.3, -0.25) is 9.59 Å². The van der Waals surface area contributed by atoms with Crippen LogP contribution in [0.25, 0.3) is 0 Å². The highest BCUT2D eigenvalue weighted by atomic mass is 16.6. The zero-order chi connectivity index (χ0) is 23.1. The first-order valence-corrected chi connectivity index (χ1v) is 10.6. The van der Waals surface area contributed by atoms with E-state index in [0.717, 1.165) is 12.8 Å². The summed E-state index contributed by atoms with van der Waals surface area (Å²) >= 11 is 0. The van der Waals surface area contributed by atoms with Crippen molar-refractivity contribution < 1.29 is 29.0 Å². The molecule has 0 radical (unpaired) electrons. The van der Waals surface area contributed by atoms with E-state index in [2.05, 4.69) is 16.0 Å². The molecule has 1 aliphatic rings. The summed E-state index contributed by atoms with van der Waals surface area (Å²) in [6.07, 6.45) is 2.21. The lowest BCUT2D eigenvalue weighted by atomic mass is 9.81. The minimum Gasteiger partial charge on any atom is -0.480 e. The van der Waals surface area contributed by atoms with Crippen LogP contribution in [0.15, 0.2) is 0 Å². The lowest BCUT2D eigenvalue weighted by molar-refractivity contribution is -0.144. The second kappa shape index (κ2) is 11.2. The molecule has 172 valence electrons. The molecule has 4 N–H and O–H groups in total. The third-order valence-electron chi connectivity index (χ3n) is 5.14. The number of carboxylic acid groups (broad SMARTS) is 1. The molecule has 0 aromatic carbocycles. The summed E-state index contributed by atoms with van der Waals surface area (Å²) in [4.78, 5) is 47.6. The van der Waals surface area contributed by atoms with Crippen molar-refractivity contribution >= 4 is 23.9 Å². The summed E-state index contributed by atoms with van der Waals surface area (Å²) in [5.74, 6) is -1.67. The molecular formula is C21H37N3O6. The molecule has 9 heteroatoms. The predicted molar refractivity (Wildman–Crippen MR) is 112 cm³/mol. The molecule has 1 saturated carbocycles. The normalized spacial score (nSPS) is 21.3. The van der Waals surface area contributed by atoms with Crippen molar-refractivity contribution in [2.75, 3.05) is 6.54 Å². The predicted octanol–water partition coefficient (Wildman–Crippen LogP) is 2.05. The summed E-state index contributed by atoms with van der Waals surface area (Å²) < 4.78 is 5.14. The number of hydrogen-bond donors (Lipinski definition) is 4. The second-order valence-electron chi connectivity index (χ2n) is 9.40. The van der Waals surface area contributed by atoms with Crippen LogP contribution in [0, 0.1) is 17.8 Å². The number of amides is 3. The van der Waals surface area contributed by atoms with Gasteiger partial charge in [0.15, 0.2) is 0 Å². The van der Waals surface area contributed by atoms with E-state index in [1.807, 2.05) is 0 Å². The number of ether oxygens (including phenoxy) is 1. The quantitative estimate of drug-likeness (QED) is 0.468. The third kappa shape index (κ3) is 9.00. The van der Waals surface area contributed by atoms with Crippen LogP contribution in [0.4, 0.5) is 4.79 Å². The van der Waals surface area contributed by atoms with Gasteiger partial charge in [0, 0.05) is 12.5 Å². The van der Waals surface area contributed by atoms with Gasteiger partial charge < -0.3 is 25.8 Å². The Morgan fingerprint density at radius 3 is 2.03 bits per heavy atom. The van der Waals surface area contributed by atoms with E-state index in [1.54, 1.807) is 41.5 Å². The smallest absolute Gasteiger partial charge is 0.408 e. The van der Waals surface area contributed by atoms with Crippen molar-refractivity contribution in [3.05, 3.63) is 0 Å². The Hall–Kier alpha value is -2.32. The molecule has 0 aromatic heterocycles. The van der Waals surface area contributed by atoms with Crippen molar-refractivity contribution in [3.63, 3.8) is 0 Å². The van der Waals surface area contributed by atoms with Gasteiger partial charge in [-0.1, -0.05) is 13.8 Å². The number of carbonyl (C=O) groups excluding carboxylic acids is 3. The van der Waals surface area contributed by atoms with E-state index in [1.165, 1.54) is 0 Å². The van der Waals surface area contributed by atoms with Crippen LogP contribution in [0.1, 0.15) is 67.2 Å². The van der Waals surface area contributed by atoms with Gasteiger partial charge in [0.05, 0.1) is 0 Å². The number of alkyl carbamates (subject to hydrolysis) is 1. The van der Waals surface area contributed by atoms with Gasteiger partial charge in [0.1, 0.15) is 17.7 Å². The van der Waals surface area contributed by atoms with Gasteiger partial charge >= 0.3 is 12.1 Å². The average molecular weight is 428 g/mol. The van der Waals surface area contributed by atoms with E-state index in [4.69, 9.17) is 4.74 Å². The van der Waals surface area contributed by atoms with Crippen molar-refractivity contribution in [1.82, 2.24) is 16.0 Å². The maximum absolute atomic E-state index is 12.4. The SMILES string of the molecule is CC(C)[C@H](NC(=O)C1CCC(CNC(=O)[C@H](C)NC(=O)OC(C)(C)C)CC1)C(=O)O. The number of nitrogens with one attached hydrogen (secondary N) is 3. The molecule has 0 saturated heterocycles. The number of rotatable bonds is 8. The molecule has 0 aromatic rings. The molecule has 1 rings (SSSR count). The molecule has 30 heavy (non-hydrogen) atoms. The van der Waals surface area contributed by atoms with Gasteiger partial charge in [-0.2, -0.15) is 0 Å². The topological polar surface area (TPSA) is 134 Å². The van der Waals surface area contributed by atoms with Crippen LogP contribution in [0.3, 0.4) is 0 Å². The van der Waals surface area contributed by atoms with E-state index in [9.17, 15) is 24.3 Å². The van der Waals surface area contributed by atoms with Gasteiger partial charge in [-0.05, 0) is 65.2 Å². The summed E-state index contributed by atoms with van der Waals surface area (Å²) in [7, 11) is 0. The fourth-order valence-electron chi connectivity index (χ4n) is 3.36. The van der Waals surface area contributed by atoms with Crippen LogP contribution in [0.2, 0.25) is 0 Å². The molecule has 3 amide bonds. The molecular weight excluding hydrogens is 390 g/mol. The summed E-state index contributed by atoms with van der Waals surface area (Å²) in [5.41, 5.74) is -0.634. The van der Waals surface area contributed by atoms with Crippen molar-refractivity contribution in [3.8, 4) is 0 Å². The average Bonchev–Trinajstić information content (AvgIpc) is 2.62. The fourth-order valence-corrected chi connectivity index (χ4v) is 3.36. The summed E-state index contributed by atoms with van der Waals surface area (Å²) in [5, 5.41) is 17.2. The minimum atomic E-state index is -1.02. The molecule has 0 unspecified atom stereocenters. The van der Waals surface area contributed by atoms with Gasteiger partial charge in [-0.25, -0.2) is 9.59 Å². The zero-order valence-electron chi connectivity index (χ0n) is 18.9. The zero-order valence-corrected chi connectivity index (χ0v) is 18.9. The largest absolute Gasteiger partial charge is 0.480 e. The summed E-state index contributed by atoms with van der Waals surface area (Å²) in [6.45, 7) is 10.8. The van der Waals surface area contributed by atoms with Crippen LogP contribution >= 0.6 is 0 Å². The molecule has 0 spiro atoms. The molecule has 1 aliphatic carbocycles. The van der Waals surface area contributed by atoms with Crippen LogP contribution < -0.4 is 16.0 Å². The lowest BCUT2D eigenvalue weighted by Crippen LogP contribution is -2.48. The van der Waals surface area contributed by atoms with Crippen LogP contribution in [-0.2, 0) is 19.1 Å². The van der Waals surface area contributed by atoms with Crippen molar-refractivity contribution in [1.29, 1.82) is 0 Å². The number of carboxylic acids is 1. The van der Waals surface area contributed by atoms with Gasteiger partial charge in [0.2, 0.25) is 11.8 Å². The Labute approximate surface area is 178 Å². The summed E-state index contributed by atoms with van der Waals surface area (Å²) in [6, 6.07) is -1.60. The van der Waals surface area contributed by atoms with Gasteiger partial charge in [0.25, 0.3) is 0 Å². The highest BCUT2D eigenvalue weighted by Crippen LogP contribution is 2.28. The third-order valence-corrected chi connectivity index (χ3v) is 5.14. The van der Waals surface area contributed by atoms with E-state index < -0.39 is 29.7 Å². The van der Waals surface area contributed by atoms with E-state index >= 15 is 0 Å². The molecule has 2 atom stereocenters. The van der Waals surface area contributed by atoms with Crippen molar-refractivity contribution in [2.24, 2.45) is 17.8 Å². The molecule has 9 nitrogen and oxygen atoms in total. The second-order valence-corrected chi connectivity index (χ2v) is 9.40. The first kappa shape index (κ1) is 25.7. The number of aliphatic carboxylic acids is 1. The molecule has 0 aliphatic heterocycles. The van der Waals surface area contributed by atoms with E-state index in [-0.39, 0.29) is 29.6 Å². The van der Waals surface area contributed by atoms with Crippen LogP contribution in [-0.4, -0.2) is 53.2 Å². The van der Waals surface area contributed by atoms with E-state index in [0.29, 0.717) is 19.4 Å². The Bertz CT molecular complexity index is 621. The van der Waals surface area contributed by atoms with Crippen molar-refractivity contribution in [2.45, 2.75) is 84.9 Å². The highest BCUT2D eigenvalue weighted by Gasteiger charge is 2.31. The highest BCUT2D eigenvalue weighted by molar-refractivity contribution is 5.86. The van der Waals surface area contributed by atoms with Gasteiger partial charge in [-0.15, -0.1) is 0 Å². The molecule has 0 bridgehead atoms. The Morgan fingerprint density at radius 2 is 1.57 bits per heavy atom. The maximum atomic E-state index is 12.4. The maximum Gasteiger partial charge on any atom is 0.408 e. The molecule has 0 heterocycles. The number of hydrogen-bond acceptors (Lipinski definition) is 5. The lowest BCUT2D eigenvalue weighted by Gasteiger charge is -2.29.